The van der Waals surface area contributed by atoms with Crippen LogP contribution in [0.1, 0.15) is 6.92 Å². The first-order valence-electron chi connectivity index (χ1n) is 6.32. The molecule has 104 valence electrons. The number of urea groups is 1. The first-order chi connectivity index (χ1) is 9.58. The van der Waals surface area contributed by atoms with E-state index in [9.17, 15) is 14.7 Å². The van der Waals surface area contributed by atoms with Crippen LogP contribution in [0.25, 0.3) is 11.0 Å². The number of benzene rings is 1. The van der Waals surface area contributed by atoms with Crippen molar-refractivity contribution in [3.8, 4) is 0 Å². The largest absolute Gasteiger partial charge is 0.548 e. The second-order valence-corrected chi connectivity index (χ2v) is 4.69. The highest BCUT2D eigenvalue weighted by molar-refractivity contribution is 5.95. The Hall–Kier alpha value is -2.57. The Morgan fingerprint density at radius 3 is 2.85 bits per heavy atom. The molecule has 2 heterocycles. The first-order valence-corrected chi connectivity index (χ1v) is 6.32. The molecule has 3 rings (SSSR count). The second kappa shape index (κ2) is 4.52. The van der Waals surface area contributed by atoms with Gasteiger partial charge >= 0.3 is 6.03 Å². The van der Waals surface area contributed by atoms with E-state index in [4.69, 9.17) is 0 Å². The summed E-state index contributed by atoms with van der Waals surface area (Å²) < 4.78 is 1.94. The molecule has 0 bridgehead atoms. The molecule has 20 heavy (non-hydrogen) atoms. The first kappa shape index (κ1) is 12.5. The van der Waals surface area contributed by atoms with Gasteiger partial charge in [-0.3, -0.25) is 4.90 Å². The lowest BCUT2D eigenvalue weighted by molar-refractivity contribution is -0.307. The molecule has 0 unspecified atom stereocenters. The van der Waals surface area contributed by atoms with Crippen molar-refractivity contribution < 1.29 is 14.7 Å². The van der Waals surface area contributed by atoms with Crippen molar-refractivity contribution in [2.75, 3.05) is 11.4 Å². The van der Waals surface area contributed by atoms with E-state index in [-0.39, 0.29) is 0 Å². The van der Waals surface area contributed by atoms with E-state index >= 15 is 0 Å². The molecule has 2 aromatic rings. The highest BCUT2D eigenvalue weighted by atomic mass is 16.4. The number of carboxylic acid groups (broad SMARTS) is 1. The van der Waals surface area contributed by atoms with Gasteiger partial charge in [-0.2, -0.15) is 0 Å². The third-order valence-electron chi connectivity index (χ3n) is 3.36. The molecular weight excluding hydrogens is 260 g/mol. The van der Waals surface area contributed by atoms with Crippen LogP contribution in [0.2, 0.25) is 0 Å². The van der Waals surface area contributed by atoms with Gasteiger partial charge in [-0.25, -0.2) is 9.78 Å². The Kier molecular flexibility index (Phi) is 2.81. The molecule has 1 N–H and O–H groups in total. The van der Waals surface area contributed by atoms with Crippen LogP contribution in [-0.4, -0.2) is 34.1 Å². The third kappa shape index (κ3) is 1.87. The summed E-state index contributed by atoms with van der Waals surface area (Å²) >= 11 is 0. The number of aromatic nitrogens is 2. The summed E-state index contributed by atoms with van der Waals surface area (Å²) in [5, 5.41) is 13.0. The summed E-state index contributed by atoms with van der Waals surface area (Å²) in [6.45, 7) is 2.48. The average Bonchev–Trinajstić information content (AvgIpc) is 2.96. The number of nitrogens with zero attached hydrogens (tertiary/aromatic N) is 3. The summed E-state index contributed by atoms with van der Waals surface area (Å²) in [7, 11) is 0. The van der Waals surface area contributed by atoms with Crippen molar-refractivity contribution >= 4 is 29.0 Å². The van der Waals surface area contributed by atoms with Gasteiger partial charge in [-0.05, 0) is 19.1 Å². The molecule has 7 nitrogen and oxygen atoms in total. The van der Waals surface area contributed by atoms with E-state index in [1.54, 1.807) is 0 Å². The molecule has 1 aromatic heterocycles. The van der Waals surface area contributed by atoms with Gasteiger partial charge in [0.05, 0.1) is 23.0 Å². The molecule has 0 fully saturated rings. The number of carboxylic acids is 1. The zero-order valence-corrected chi connectivity index (χ0v) is 10.9. The smallest absolute Gasteiger partial charge is 0.324 e. The molecule has 1 aromatic carbocycles. The number of para-hydroxylation sites is 2. The number of carbonyl (C=O) groups excluding carboxylic acids is 2. The zero-order chi connectivity index (χ0) is 14.3. The Morgan fingerprint density at radius 2 is 2.10 bits per heavy atom. The van der Waals surface area contributed by atoms with Gasteiger partial charge in [-0.1, -0.05) is 12.1 Å². The summed E-state index contributed by atoms with van der Waals surface area (Å²) in [6, 6.07) is 6.10. The van der Waals surface area contributed by atoms with Crippen LogP contribution in [0.15, 0.2) is 24.3 Å². The van der Waals surface area contributed by atoms with Gasteiger partial charge in [0, 0.05) is 13.1 Å². The molecule has 1 aliphatic heterocycles. The summed E-state index contributed by atoms with van der Waals surface area (Å²) in [6.07, 6.45) is 0. The van der Waals surface area contributed by atoms with Gasteiger partial charge in [-0.15, -0.1) is 0 Å². The maximum Gasteiger partial charge on any atom is 0.324 e. The lowest BCUT2D eigenvalue weighted by atomic mass is 10.3. The number of amides is 2. The molecule has 2 amide bonds. The Morgan fingerprint density at radius 1 is 1.35 bits per heavy atom. The minimum Gasteiger partial charge on any atom is -0.548 e. The van der Waals surface area contributed by atoms with E-state index in [0.717, 1.165) is 11.0 Å². The Labute approximate surface area is 114 Å². The van der Waals surface area contributed by atoms with Crippen molar-refractivity contribution in [1.82, 2.24) is 14.9 Å². The second-order valence-electron chi connectivity index (χ2n) is 4.69. The van der Waals surface area contributed by atoms with Gasteiger partial charge in [0.25, 0.3) is 0 Å². The molecular formula is C13H13N4O3-. The summed E-state index contributed by atoms with van der Waals surface area (Å²) in [4.78, 5) is 28.6. The van der Waals surface area contributed by atoms with Crippen LogP contribution in [0.3, 0.4) is 0 Å². The highest BCUT2D eigenvalue weighted by Gasteiger charge is 2.28. The molecule has 1 atom stereocenters. The lowest BCUT2D eigenvalue weighted by Crippen LogP contribution is -2.50. The monoisotopic (exact) mass is 273 g/mol. The number of fused-ring (bicyclic) bond motifs is 3. The summed E-state index contributed by atoms with van der Waals surface area (Å²) in [5.41, 5.74) is 1.78. The van der Waals surface area contributed by atoms with Gasteiger partial charge < -0.3 is 19.8 Å². The quantitative estimate of drug-likeness (QED) is 0.813. The predicted octanol–water partition coefficient (Wildman–Crippen LogP) is -0.296. The van der Waals surface area contributed by atoms with Crippen LogP contribution < -0.4 is 15.3 Å². The molecule has 0 saturated carbocycles. The van der Waals surface area contributed by atoms with E-state index < -0.39 is 18.0 Å². The number of anilines is 1. The number of imidazole rings is 1. The predicted molar refractivity (Wildman–Crippen MR) is 70.1 cm³/mol. The standard InChI is InChI=1S/C13H14N4O3/c1-8(11(18)19)14-13(20)17-7-6-16-10-5-3-2-4-9(10)15-12(16)17/h2-5,8H,6-7H2,1H3,(H,14,20)(H,18,19)/p-1/t8-/m0/s1. The number of nitrogens with one attached hydrogen (secondary N) is 1. The molecule has 1 aliphatic rings. The highest BCUT2D eigenvalue weighted by Crippen LogP contribution is 2.26. The number of rotatable bonds is 2. The minimum atomic E-state index is -1.31. The SMILES string of the molecule is C[C@H](NC(=O)N1CCn2c1nc1ccccc12)C(=O)[O-]. The Balaban J connectivity index is 1.89. The number of hydrogen-bond acceptors (Lipinski definition) is 4. The number of aliphatic carboxylic acids is 1. The lowest BCUT2D eigenvalue weighted by Gasteiger charge is -2.19. The molecule has 7 heteroatoms. The van der Waals surface area contributed by atoms with Crippen LogP contribution in [0, 0.1) is 0 Å². The van der Waals surface area contributed by atoms with Crippen molar-refractivity contribution in [2.45, 2.75) is 19.5 Å². The van der Waals surface area contributed by atoms with Gasteiger partial charge in [0.15, 0.2) is 0 Å². The van der Waals surface area contributed by atoms with Crippen molar-refractivity contribution in [1.29, 1.82) is 0 Å². The number of hydrogen-bond donors (Lipinski definition) is 1. The summed E-state index contributed by atoms with van der Waals surface area (Å²) in [5.74, 6) is -0.778. The molecule has 0 radical (unpaired) electrons. The van der Waals surface area contributed by atoms with Crippen LogP contribution in [0.4, 0.5) is 10.7 Å². The fourth-order valence-electron chi connectivity index (χ4n) is 2.30. The molecule has 0 spiro atoms. The topological polar surface area (TPSA) is 90.3 Å². The Bertz CT molecular complexity index is 694. The fraction of sp³-hybridized carbons (Fsp3) is 0.308. The maximum absolute atomic E-state index is 12.1. The van der Waals surface area contributed by atoms with E-state index in [2.05, 4.69) is 10.3 Å². The average molecular weight is 273 g/mol. The minimum absolute atomic E-state index is 0.471. The van der Waals surface area contributed by atoms with Crippen molar-refractivity contribution in [2.24, 2.45) is 0 Å². The normalized spacial score (nSPS) is 15.2. The van der Waals surface area contributed by atoms with Crippen LogP contribution in [0.5, 0.6) is 0 Å². The zero-order valence-electron chi connectivity index (χ0n) is 10.9. The van der Waals surface area contributed by atoms with E-state index in [0.29, 0.717) is 19.0 Å². The number of carbonyl (C=O) groups is 2. The van der Waals surface area contributed by atoms with E-state index in [1.807, 2.05) is 28.8 Å². The van der Waals surface area contributed by atoms with Crippen LogP contribution in [-0.2, 0) is 11.3 Å². The van der Waals surface area contributed by atoms with E-state index in [1.165, 1.54) is 11.8 Å². The molecule has 0 aliphatic carbocycles. The van der Waals surface area contributed by atoms with Gasteiger partial charge in [0.2, 0.25) is 5.95 Å². The maximum atomic E-state index is 12.1. The fourth-order valence-corrected chi connectivity index (χ4v) is 2.30. The van der Waals surface area contributed by atoms with Crippen molar-refractivity contribution in [3.05, 3.63) is 24.3 Å². The third-order valence-corrected chi connectivity index (χ3v) is 3.36. The van der Waals surface area contributed by atoms with Crippen molar-refractivity contribution in [3.63, 3.8) is 0 Å². The van der Waals surface area contributed by atoms with Gasteiger partial charge in [0.1, 0.15) is 0 Å². The van der Waals surface area contributed by atoms with Crippen LogP contribution >= 0.6 is 0 Å². The molecule has 0 saturated heterocycles.